The lowest BCUT2D eigenvalue weighted by Gasteiger charge is -2.28. The number of carbonyl (C=O) groups excluding carboxylic acids is 3. The first-order valence-corrected chi connectivity index (χ1v) is 19.0. The molecule has 0 saturated heterocycles. The van der Waals surface area contributed by atoms with Crippen LogP contribution in [0.5, 0.6) is 11.5 Å². The number of nitrogens with zero attached hydrogens (tertiary/aromatic N) is 2. The molecule has 0 aromatic heterocycles. The SMILES string of the molecule is C=C/C=C\C(=C/C)N1C(=O)/C(=C/c2cc(CC=C)c(OCc3ccc(Cl)c(Cl)c3)c(OC)c2)C(=O)N=C1SCC(=O)NC(c1ccccc1)c1ccccc1. The van der Waals surface area contributed by atoms with E-state index in [-0.39, 0.29) is 29.0 Å². The van der Waals surface area contributed by atoms with Crippen molar-refractivity contribution in [1.29, 1.82) is 0 Å². The highest BCUT2D eigenvalue weighted by Gasteiger charge is 2.35. The molecular weight excluding hydrogens is 753 g/mol. The first-order valence-electron chi connectivity index (χ1n) is 17.2. The summed E-state index contributed by atoms with van der Waals surface area (Å²) >= 11 is 13.3. The van der Waals surface area contributed by atoms with E-state index in [1.165, 1.54) is 18.1 Å². The molecule has 1 aliphatic heterocycles. The Morgan fingerprint density at radius 3 is 2.25 bits per heavy atom. The van der Waals surface area contributed by atoms with Gasteiger partial charge in [-0.1, -0.05) is 133 Å². The highest BCUT2D eigenvalue weighted by Crippen LogP contribution is 2.36. The number of methoxy groups -OCH3 is 1. The van der Waals surface area contributed by atoms with Crippen molar-refractivity contribution in [3.63, 3.8) is 0 Å². The summed E-state index contributed by atoms with van der Waals surface area (Å²) in [6, 6.07) is 27.6. The minimum absolute atomic E-state index is 0.0658. The van der Waals surface area contributed by atoms with Gasteiger partial charge in [-0.25, -0.2) is 0 Å². The number of allylic oxidation sites excluding steroid dienone is 5. The quantitative estimate of drug-likeness (QED) is 0.0558. The van der Waals surface area contributed by atoms with Gasteiger partial charge in [0.15, 0.2) is 16.7 Å². The van der Waals surface area contributed by atoms with Crippen LogP contribution in [0.4, 0.5) is 0 Å². The summed E-state index contributed by atoms with van der Waals surface area (Å²) < 4.78 is 11.9. The molecule has 0 bridgehead atoms. The molecule has 0 aliphatic carbocycles. The number of aliphatic imine (C=N–C) groups is 1. The Labute approximate surface area is 335 Å². The van der Waals surface area contributed by atoms with Crippen molar-refractivity contribution in [1.82, 2.24) is 10.2 Å². The third kappa shape index (κ3) is 10.3. The van der Waals surface area contributed by atoms with Gasteiger partial charge in [-0.15, -0.1) is 6.58 Å². The van der Waals surface area contributed by atoms with Gasteiger partial charge in [0.25, 0.3) is 11.8 Å². The smallest absolute Gasteiger partial charge is 0.285 e. The molecule has 0 fully saturated rings. The molecule has 0 saturated carbocycles. The number of amidine groups is 1. The van der Waals surface area contributed by atoms with Crippen molar-refractivity contribution in [2.24, 2.45) is 4.99 Å². The fourth-order valence-corrected chi connectivity index (χ4v) is 6.86. The zero-order valence-electron chi connectivity index (χ0n) is 30.3. The lowest BCUT2D eigenvalue weighted by atomic mass is 9.99. The molecular formula is C44H39Cl2N3O5S. The topological polar surface area (TPSA) is 97.3 Å². The maximum Gasteiger partial charge on any atom is 0.285 e. The number of nitrogens with one attached hydrogen (secondary N) is 1. The molecule has 1 heterocycles. The normalized spacial score (nSPS) is 14.0. The number of thioether (sulfide) groups is 1. The highest BCUT2D eigenvalue weighted by atomic mass is 35.5. The fraction of sp³-hybridized carbons (Fsp3) is 0.136. The molecule has 0 atom stereocenters. The molecule has 11 heteroatoms. The maximum atomic E-state index is 14.3. The number of hydrogen-bond acceptors (Lipinski definition) is 6. The Bertz CT molecular complexity index is 2160. The highest BCUT2D eigenvalue weighted by molar-refractivity contribution is 8.14. The van der Waals surface area contributed by atoms with Gasteiger partial charge in [-0.05, 0) is 72.0 Å². The lowest BCUT2D eigenvalue weighted by Crippen LogP contribution is -2.42. The Balaban J connectivity index is 1.44. The van der Waals surface area contributed by atoms with Gasteiger partial charge < -0.3 is 14.8 Å². The van der Waals surface area contributed by atoms with E-state index >= 15 is 0 Å². The third-order valence-electron chi connectivity index (χ3n) is 8.33. The van der Waals surface area contributed by atoms with Crippen LogP contribution in [0.2, 0.25) is 10.0 Å². The zero-order chi connectivity index (χ0) is 39.3. The van der Waals surface area contributed by atoms with Gasteiger partial charge in [0, 0.05) is 11.3 Å². The van der Waals surface area contributed by atoms with E-state index < -0.39 is 17.9 Å². The zero-order valence-corrected chi connectivity index (χ0v) is 32.7. The van der Waals surface area contributed by atoms with Crippen molar-refractivity contribution in [3.8, 4) is 11.5 Å². The van der Waals surface area contributed by atoms with E-state index in [1.807, 2.05) is 66.7 Å². The van der Waals surface area contributed by atoms with Crippen LogP contribution in [0.1, 0.15) is 40.8 Å². The number of halogens is 2. The van der Waals surface area contributed by atoms with Crippen LogP contribution < -0.4 is 14.8 Å². The Morgan fingerprint density at radius 1 is 0.964 bits per heavy atom. The van der Waals surface area contributed by atoms with Crippen LogP contribution in [-0.4, -0.2) is 40.7 Å². The van der Waals surface area contributed by atoms with Crippen LogP contribution in [0.15, 0.2) is 151 Å². The molecule has 3 amide bonds. The number of rotatable bonds is 15. The molecule has 4 aromatic carbocycles. The Kier molecular flexibility index (Phi) is 14.5. The number of benzene rings is 4. The van der Waals surface area contributed by atoms with E-state index in [9.17, 15) is 14.4 Å². The molecule has 0 spiro atoms. The second kappa shape index (κ2) is 19.6. The number of hydrogen-bond donors (Lipinski definition) is 1. The monoisotopic (exact) mass is 791 g/mol. The average Bonchev–Trinajstić information content (AvgIpc) is 3.20. The summed E-state index contributed by atoms with van der Waals surface area (Å²) in [4.78, 5) is 47.1. The minimum atomic E-state index is -0.747. The molecule has 8 nitrogen and oxygen atoms in total. The predicted octanol–water partition coefficient (Wildman–Crippen LogP) is 9.70. The molecule has 0 unspecified atom stereocenters. The van der Waals surface area contributed by atoms with Gasteiger partial charge in [-0.2, -0.15) is 4.99 Å². The second-order valence-electron chi connectivity index (χ2n) is 12.1. The minimum Gasteiger partial charge on any atom is -0.493 e. The lowest BCUT2D eigenvalue weighted by molar-refractivity contribution is -0.126. The van der Waals surface area contributed by atoms with E-state index in [4.69, 9.17) is 32.7 Å². The molecule has 0 radical (unpaired) electrons. The van der Waals surface area contributed by atoms with E-state index in [0.29, 0.717) is 44.8 Å². The van der Waals surface area contributed by atoms with Crippen molar-refractivity contribution in [2.45, 2.75) is 26.0 Å². The summed E-state index contributed by atoms with van der Waals surface area (Å²) in [7, 11) is 1.50. The maximum absolute atomic E-state index is 14.3. The van der Waals surface area contributed by atoms with Crippen LogP contribution >= 0.6 is 35.0 Å². The van der Waals surface area contributed by atoms with Crippen LogP contribution in [0, 0.1) is 0 Å². The molecule has 1 N–H and O–H groups in total. The van der Waals surface area contributed by atoms with Crippen LogP contribution in [0.25, 0.3) is 6.08 Å². The largest absolute Gasteiger partial charge is 0.493 e. The summed E-state index contributed by atoms with van der Waals surface area (Å²) in [5.41, 5.74) is 4.11. The van der Waals surface area contributed by atoms with Gasteiger partial charge in [-0.3, -0.25) is 19.3 Å². The van der Waals surface area contributed by atoms with E-state index in [0.717, 1.165) is 28.5 Å². The number of ether oxygens (including phenoxy) is 2. The first kappa shape index (κ1) is 40.6. The Hall–Kier alpha value is -5.61. The predicted molar refractivity (Wildman–Crippen MR) is 223 cm³/mol. The molecule has 55 heavy (non-hydrogen) atoms. The molecule has 5 rings (SSSR count). The standard InChI is InChI=1S/C44H39Cl2N3O5S/c1-5-8-20-34(7-3)49-43(52)35(24-30-23-33(15-6-2)41(38(26-30)53-4)54-27-29-21-22-36(45)37(46)25-29)42(51)48-44(49)55-28-39(50)47-40(31-16-11-9-12-17-31)32-18-13-10-14-19-32/h5-14,16-26,40H,1-2,15,27-28H2,3-4H3,(H,47,50)/b20-8-,34-7+,35-24+. The van der Waals surface area contributed by atoms with E-state index in [2.05, 4.69) is 23.5 Å². The second-order valence-corrected chi connectivity index (χ2v) is 13.8. The molecule has 4 aromatic rings. The molecule has 280 valence electrons. The summed E-state index contributed by atoms with van der Waals surface area (Å²) in [6.07, 6.45) is 10.2. The third-order valence-corrected chi connectivity index (χ3v) is 10.0. The summed E-state index contributed by atoms with van der Waals surface area (Å²) in [5, 5.41) is 4.02. The van der Waals surface area contributed by atoms with Gasteiger partial charge in [0.05, 0.1) is 28.9 Å². The Morgan fingerprint density at radius 2 is 1.65 bits per heavy atom. The van der Waals surface area contributed by atoms with Crippen molar-refractivity contribution in [2.75, 3.05) is 12.9 Å². The average molecular weight is 793 g/mol. The number of carbonyl (C=O) groups is 3. The van der Waals surface area contributed by atoms with Gasteiger partial charge in [0.2, 0.25) is 5.91 Å². The fourth-order valence-electron chi connectivity index (χ4n) is 5.73. The van der Waals surface area contributed by atoms with Crippen molar-refractivity contribution in [3.05, 3.63) is 184 Å². The summed E-state index contributed by atoms with van der Waals surface area (Å²) in [5.74, 6) is -0.918. The van der Waals surface area contributed by atoms with E-state index in [1.54, 1.807) is 61.6 Å². The van der Waals surface area contributed by atoms with Crippen LogP contribution in [0.3, 0.4) is 0 Å². The summed E-state index contributed by atoms with van der Waals surface area (Å²) in [6.45, 7) is 9.57. The van der Waals surface area contributed by atoms with Crippen molar-refractivity contribution < 1.29 is 23.9 Å². The molecule has 1 aliphatic rings. The van der Waals surface area contributed by atoms with Gasteiger partial charge >= 0.3 is 0 Å². The van der Waals surface area contributed by atoms with Crippen molar-refractivity contribution >= 4 is 63.9 Å². The number of amides is 3. The van der Waals surface area contributed by atoms with Crippen LogP contribution in [-0.2, 0) is 27.4 Å². The first-order chi connectivity index (χ1) is 26.7. The van der Waals surface area contributed by atoms with Gasteiger partial charge in [0.1, 0.15) is 12.2 Å².